The van der Waals surface area contributed by atoms with E-state index in [4.69, 9.17) is 10.5 Å². The molecule has 1 heterocycles. The van der Waals surface area contributed by atoms with Crippen LogP contribution in [0.25, 0.3) is 0 Å². The van der Waals surface area contributed by atoms with Crippen molar-refractivity contribution < 1.29 is 4.74 Å². The summed E-state index contributed by atoms with van der Waals surface area (Å²) in [5.74, 6) is 1.66. The van der Waals surface area contributed by atoms with Crippen molar-refractivity contribution in [1.29, 1.82) is 0 Å². The Morgan fingerprint density at radius 2 is 1.76 bits per heavy atom. The van der Waals surface area contributed by atoms with Crippen molar-refractivity contribution in [2.45, 2.75) is 58.3 Å². The summed E-state index contributed by atoms with van der Waals surface area (Å²) in [7, 11) is 0. The lowest BCUT2D eigenvalue weighted by atomic mass is 9.63. The maximum absolute atomic E-state index is 6.07. The zero-order chi connectivity index (χ0) is 12.6. The highest BCUT2D eigenvalue weighted by molar-refractivity contribution is 5.05. The Morgan fingerprint density at radius 1 is 1.24 bits per heavy atom. The van der Waals surface area contributed by atoms with Gasteiger partial charge in [-0.3, -0.25) is 4.90 Å². The van der Waals surface area contributed by atoms with Gasteiger partial charge in [-0.1, -0.05) is 13.8 Å². The van der Waals surface area contributed by atoms with Gasteiger partial charge in [-0.05, 0) is 38.5 Å². The molecule has 2 atom stereocenters. The number of morpholine rings is 1. The van der Waals surface area contributed by atoms with Crippen LogP contribution in [0.5, 0.6) is 0 Å². The summed E-state index contributed by atoms with van der Waals surface area (Å²) in [5, 5.41) is 0. The minimum atomic E-state index is 0.279. The molecule has 0 aromatic carbocycles. The molecule has 1 aliphatic carbocycles. The molecule has 3 nitrogen and oxygen atoms in total. The van der Waals surface area contributed by atoms with Gasteiger partial charge in [0.25, 0.3) is 0 Å². The summed E-state index contributed by atoms with van der Waals surface area (Å²) in [6.07, 6.45) is 3.25. The van der Waals surface area contributed by atoms with E-state index in [1.165, 1.54) is 12.8 Å². The van der Waals surface area contributed by atoms with E-state index in [9.17, 15) is 0 Å². The van der Waals surface area contributed by atoms with Crippen LogP contribution in [-0.4, -0.2) is 42.3 Å². The normalized spacial score (nSPS) is 43.8. The molecule has 2 rings (SSSR count). The number of ether oxygens (including phenoxy) is 1. The van der Waals surface area contributed by atoms with Crippen LogP contribution in [0.1, 0.15) is 40.5 Å². The van der Waals surface area contributed by atoms with Gasteiger partial charge in [0.05, 0.1) is 12.2 Å². The third-order valence-corrected chi connectivity index (χ3v) is 4.70. The fraction of sp³-hybridized carbons (Fsp3) is 1.00. The van der Waals surface area contributed by atoms with Crippen molar-refractivity contribution >= 4 is 0 Å². The zero-order valence-electron chi connectivity index (χ0n) is 11.8. The van der Waals surface area contributed by atoms with Crippen molar-refractivity contribution in [1.82, 2.24) is 4.90 Å². The van der Waals surface area contributed by atoms with Crippen molar-refractivity contribution in [2.24, 2.45) is 17.6 Å². The number of nitrogens with zero attached hydrogens (tertiary/aromatic N) is 1. The second-order valence-corrected chi connectivity index (χ2v) is 6.50. The molecule has 17 heavy (non-hydrogen) atoms. The smallest absolute Gasteiger partial charge is 0.0678 e. The Balaban J connectivity index is 1.99. The monoisotopic (exact) mass is 240 g/mol. The molecule has 0 aromatic heterocycles. The lowest BCUT2D eigenvalue weighted by Gasteiger charge is -2.57. The molecule has 2 fully saturated rings. The van der Waals surface area contributed by atoms with Gasteiger partial charge in [-0.15, -0.1) is 0 Å². The van der Waals surface area contributed by atoms with Crippen LogP contribution in [0.2, 0.25) is 0 Å². The van der Waals surface area contributed by atoms with Gasteiger partial charge in [0.2, 0.25) is 0 Å². The SMILES string of the molecule is CC(C)C1CC(CN)(N2C[C@@H](C)O[C@@H](C)C2)C1. The maximum Gasteiger partial charge on any atom is 0.0678 e. The minimum Gasteiger partial charge on any atom is -0.373 e. The first-order chi connectivity index (χ1) is 7.97. The molecule has 0 amide bonds. The van der Waals surface area contributed by atoms with Crippen molar-refractivity contribution in [3.63, 3.8) is 0 Å². The second-order valence-electron chi connectivity index (χ2n) is 6.50. The molecule has 0 radical (unpaired) electrons. The summed E-state index contributed by atoms with van der Waals surface area (Å²) >= 11 is 0. The molecule has 1 aliphatic heterocycles. The Labute approximate surface area is 106 Å². The predicted octanol–water partition coefficient (Wildman–Crippen LogP) is 1.86. The van der Waals surface area contributed by atoms with E-state index in [0.29, 0.717) is 12.2 Å². The number of hydrogen-bond acceptors (Lipinski definition) is 3. The highest BCUT2D eigenvalue weighted by atomic mass is 16.5. The van der Waals surface area contributed by atoms with Crippen molar-refractivity contribution in [3.05, 3.63) is 0 Å². The van der Waals surface area contributed by atoms with Crippen LogP contribution >= 0.6 is 0 Å². The third kappa shape index (κ3) is 2.51. The molecular formula is C14H28N2O. The van der Waals surface area contributed by atoms with Crippen LogP contribution in [0.3, 0.4) is 0 Å². The molecule has 1 saturated heterocycles. The van der Waals surface area contributed by atoms with Gasteiger partial charge < -0.3 is 10.5 Å². The number of hydrogen-bond donors (Lipinski definition) is 1. The van der Waals surface area contributed by atoms with E-state index in [-0.39, 0.29) is 5.54 Å². The second kappa shape index (κ2) is 4.87. The van der Waals surface area contributed by atoms with Crippen LogP contribution in [0, 0.1) is 11.8 Å². The van der Waals surface area contributed by atoms with Gasteiger partial charge in [-0.2, -0.15) is 0 Å². The van der Waals surface area contributed by atoms with E-state index >= 15 is 0 Å². The molecule has 0 spiro atoms. The number of rotatable bonds is 3. The Kier molecular flexibility index (Phi) is 3.81. The first kappa shape index (κ1) is 13.3. The average Bonchev–Trinajstić information content (AvgIpc) is 2.14. The highest BCUT2D eigenvalue weighted by Crippen LogP contribution is 2.46. The average molecular weight is 240 g/mol. The van der Waals surface area contributed by atoms with Crippen molar-refractivity contribution in [2.75, 3.05) is 19.6 Å². The van der Waals surface area contributed by atoms with E-state index in [1.54, 1.807) is 0 Å². The van der Waals surface area contributed by atoms with E-state index in [1.807, 2.05) is 0 Å². The summed E-state index contributed by atoms with van der Waals surface area (Å²) in [4.78, 5) is 2.60. The molecule has 1 saturated carbocycles. The topological polar surface area (TPSA) is 38.5 Å². The Hall–Kier alpha value is -0.120. The molecule has 0 bridgehead atoms. The molecule has 0 aromatic rings. The van der Waals surface area contributed by atoms with Gasteiger partial charge in [0.15, 0.2) is 0 Å². The molecule has 3 heteroatoms. The van der Waals surface area contributed by atoms with Crippen LogP contribution < -0.4 is 5.73 Å². The highest BCUT2D eigenvalue weighted by Gasteiger charge is 2.49. The van der Waals surface area contributed by atoms with Crippen LogP contribution in [0.4, 0.5) is 0 Å². The Bertz CT molecular complexity index is 251. The molecular weight excluding hydrogens is 212 g/mol. The van der Waals surface area contributed by atoms with Gasteiger partial charge >= 0.3 is 0 Å². The summed E-state index contributed by atoms with van der Waals surface area (Å²) in [6, 6.07) is 0. The Morgan fingerprint density at radius 3 is 2.18 bits per heavy atom. The van der Waals surface area contributed by atoms with E-state index < -0.39 is 0 Å². The maximum atomic E-state index is 6.07. The lowest BCUT2D eigenvalue weighted by molar-refractivity contribution is -0.134. The van der Waals surface area contributed by atoms with Crippen molar-refractivity contribution in [3.8, 4) is 0 Å². The van der Waals surface area contributed by atoms with E-state index in [2.05, 4.69) is 32.6 Å². The fourth-order valence-corrected chi connectivity index (χ4v) is 3.51. The third-order valence-electron chi connectivity index (χ3n) is 4.70. The summed E-state index contributed by atoms with van der Waals surface area (Å²) in [6.45, 7) is 11.9. The molecule has 0 unspecified atom stereocenters. The summed E-state index contributed by atoms with van der Waals surface area (Å²) < 4.78 is 5.82. The molecule has 2 aliphatic rings. The molecule has 2 N–H and O–H groups in total. The molecule has 100 valence electrons. The first-order valence-electron chi connectivity index (χ1n) is 7.07. The minimum absolute atomic E-state index is 0.279. The summed E-state index contributed by atoms with van der Waals surface area (Å²) in [5.41, 5.74) is 6.35. The van der Waals surface area contributed by atoms with Gasteiger partial charge in [-0.25, -0.2) is 0 Å². The first-order valence-corrected chi connectivity index (χ1v) is 7.07. The van der Waals surface area contributed by atoms with Gasteiger partial charge in [0.1, 0.15) is 0 Å². The van der Waals surface area contributed by atoms with Crippen LogP contribution in [0.15, 0.2) is 0 Å². The number of nitrogens with two attached hydrogens (primary N) is 1. The van der Waals surface area contributed by atoms with Gasteiger partial charge in [0, 0.05) is 25.2 Å². The van der Waals surface area contributed by atoms with E-state index in [0.717, 1.165) is 31.5 Å². The standard InChI is InChI=1S/C14H28N2O/c1-10(2)13-5-14(6-13,9-15)16-7-11(3)17-12(4)8-16/h10-13H,5-9,15H2,1-4H3/t11-,12+,13?,14?. The quantitative estimate of drug-likeness (QED) is 0.818. The fourth-order valence-electron chi connectivity index (χ4n) is 3.51. The largest absolute Gasteiger partial charge is 0.373 e. The predicted molar refractivity (Wildman–Crippen MR) is 70.9 cm³/mol. The van der Waals surface area contributed by atoms with Crippen LogP contribution in [-0.2, 0) is 4.74 Å². The lowest BCUT2D eigenvalue weighted by Crippen LogP contribution is -2.66. The zero-order valence-corrected chi connectivity index (χ0v) is 11.8.